The van der Waals surface area contributed by atoms with Crippen LogP contribution in [0.2, 0.25) is 0 Å². The van der Waals surface area contributed by atoms with Crippen LogP contribution in [0.25, 0.3) is 0 Å². The van der Waals surface area contributed by atoms with E-state index in [0.29, 0.717) is 18.7 Å². The summed E-state index contributed by atoms with van der Waals surface area (Å²) in [7, 11) is 0. The fourth-order valence-corrected chi connectivity index (χ4v) is 2.82. The van der Waals surface area contributed by atoms with Crippen molar-refractivity contribution < 1.29 is 18.0 Å². The molecule has 23 heavy (non-hydrogen) atoms. The van der Waals surface area contributed by atoms with Crippen molar-refractivity contribution in [1.29, 1.82) is 0 Å². The fraction of sp³-hybridized carbons (Fsp3) is 0.562. The molecule has 0 bridgehead atoms. The molecule has 1 saturated heterocycles. The first-order valence-corrected chi connectivity index (χ1v) is 7.69. The van der Waals surface area contributed by atoms with E-state index in [-0.39, 0.29) is 12.1 Å². The lowest BCUT2D eigenvalue weighted by atomic mass is 9.99. The number of nitrogens with one attached hydrogen (secondary N) is 2. The van der Waals surface area contributed by atoms with Crippen molar-refractivity contribution in [2.24, 2.45) is 0 Å². The van der Waals surface area contributed by atoms with Crippen molar-refractivity contribution >= 4 is 5.91 Å². The highest BCUT2D eigenvalue weighted by atomic mass is 19.3. The van der Waals surface area contributed by atoms with Crippen LogP contribution in [0.15, 0.2) is 24.3 Å². The highest BCUT2D eigenvalue weighted by Crippen LogP contribution is 2.25. The van der Waals surface area contributed by atoms with Crippen molar-refractivity contribution in [3.05, 3.63) is 35.6 Å². The Labute approximate surface area is 134 Å². The Morgan fingerprint density at radius 1 is 1.35 bits per heavy atom. The van der Waals surface area contributed by atoms with Gasteiger partial charge < -0.3 is 10.6 Å². The highest BCUT2D eigenvalue weighted by molar-refractivity contribution is 5.83. The van der Waals surface area contributed by atoms with Crippen molar-refractivity contribution in [1.82, 2.24) is 15.5 Å². The van der Waals surface area contributed by atoms with Gasteiger partial charge in [0.05, 0.1) is 6.54 Å². The van der Waals surface area contributed by atoms with Gasteiger partial charge in [-0.15, -0.1) is 0 Å². The number of carbonyl (C=O) groups is 1. The van der Waals surface area contributed by atoms with Crippen molar-refractivity contribution in [2.75, 3.05) is 19.6 Å². The maximum atomic E-state index is 13.2. The smallest absolute Gasteiger partial charge is 0.255 e. The standard InChI is InChI=1S/C16H22F3N3O/c1-10-9-22(11(2)7-20-10)15(16(23)21-8-14(18)19)12-3-5-13(17)6-4-12/h3-6,10-11,14-15,20H,7-9H2,1-2H3,(H,21,23). The quantitative estimate of drug-likeness (QED) is 0.868. The molecule has 1 aliphatic heterocycles. The third kappa shape index (κ3) is 4.68. The molecule has 1 heterocycles. The third-order valence-corrected chi connectivity index (χ3v) is 4.01. The molecule has 0 aromatic heterocycles. The summed E-state index contributed by atoms with van der Waals surface area (Å²) in [4.78, 5) is 14.5. The number of benzene rings is 1. The predicted molar refractivity (Wildman–Crippen MR) is 81.8 cm³/mol. The first-order chi connectivity index (χ1) is 10.9. The number of carbonyl (C=O) groups excluding carboxylic acids is 1. The van der Waals surface area contributed by atoms with Crippen LogP contribution < -0.4 is 10.6 Å². The average Bonchev–Trinajstić information content (AvgIpc) is 2.51. The van der Waals surface area contributed by atoms with Crippen LogP contribution in [0.3, 0.4) is 0 Å². The van der Waals surface area contributed by atoms with Gasteiger partial charge in [0.1, 0.15) is 11.9 Å². The molecule has 1 fully saturated rings. The number of rotatable bonds is 5. The lowest BCUT2D eigenvalue weighted by molar-refractivity contribution is -0.129. The molecule has 1 amide bonds. The van der Waals surface area contributed by atoms with Gasteiger partial charge in [0, 0.05) is 25.2 Å². The second kappa shape index (κ2) is 7.79. The van der Waals surface area contributed by atoms with Crippen molar-refractivity contribution in [3.63, 3.8) is 0 Å². The second-order valence-electron chi connectivity index (χ2n) is 5.95. The zero-order valence-corrected chi connectivity index (χ0v) is 13.2. The van der Waals surface area contributed by atoms with Gasteiger partial charge in [-0.3, -0.25) is 9.69 Å². The Kier molecular flexibility index (Phi) is 6.01. The molecule has 1 aliphatic rings. The van der Waals surface area contributed by atoms with E-state index >= 15 is 0 Å². The van der Waals surface area contributed by atoms with Crippen molar-refractivity contribution in [3.8, 4) is 0 Å². The summed E-state index contributed by atoms with van der Waals surface area (Å²) in [6, 6.07) is 5.13. The Morgan fingerprint density at radius 2 is 2.00 bits per heavy atom. The largest absolute Gasteiger partial charge is 0.349 e. The second-order valence-corrected chi connectivity index (χ2v) is 5.95. The van der Waals surface area contributed by atoms with Gasteiger partial charge in [-0.05, 0) is 31.5 Å². The molecule has 0 spiro atoms. The summed E-state index contributed by atoms with van der Waals surface area (Å²) < 4.78 is 38.0. The molecular weight excluding hydrogens is 307 g/mol. The predicted octanol–water partition coefficient (Wildman–Crippen LogP) is 1.93. The lowest BCUT2D eigenvalue weighted by Crippen LogP contribution is -2.57. The number of hydrogen-bond acceptors (Lipinski definition) is 3. The summed E-state index contributed by atoms with van der Waals surface area (Å²) in [5.41, 5.74) is 0.596. The monoisotopic (exact) mass is 329 g/mol. The van der Waals surface area contributed by atoms with E-state index in [1.54, 1.807) is 0 Å². The Morgan fingerprint density at radius 3 is 2.61 bits per heavy atom. The molecular formula is C16H22F3N3O. The Balaban J connectivity index is 2.26. The van der Waals surface area contributed by atoms with Gasteiger partial charge in [-0.25, -0.2) is 13.2 Å². The summed E-state index contributed by atoms with van der Waals surface area (Å²) in [5, 5.41) is 5.60. The van der Waals surface area contributed by atoms with E-state index < -0.39 is 30.7 Å². The third-order valence-electron chi connectivity index (χ3n) is 4.01. The molecule has 3 unspecified atom stereocenters. The van der Waals surface area contributed by atoms with Gasteiger partial charge >= 0.3 is 0 Å². The fourth-order valence-electron chi connectivity index (χ4n) is 2.82. The Bertz CT molecular complexity index is 524. The summed E-state index contributed by atoms with van der Waals surface area (Å²) >= 11 is 0. The molecule has 1 aromatic carbocycles. The van der Waals surface area contributed by atoms with Crippen LogP contribution in [0.4, 0.5) is 13.2 Å². The highest BCUT2D eigenvalue weighted by Gasteiger charge is 2.34. The van der Waals surface area contributed by atoms with E-state index in [0.717, 1.165) is 0 Å². The van der Waals surface area contributed by atoms with Gasteiger partial charge in [-0.2, -0.15) is 0 Å². The topological polar surface area (TPSA) is 44.4 Å². The number of amides is 1. The maximum absolute atomic E-state index is 13.2. The van der Waals surface area contributed by atoms with Gasteiger partial charge in [0.2, 0.25) is 5.91 Å². The van der Waals surface area contributed by atoms with Crippen LogP contribution in [0, 0.1) is 5.82 Å². The molecule has 128 valence electrons. The first kappa shape index (κ1) is 17.7. The average molecular weight is 329 g/mol. The number of hydrogen-bond donors (Lipinski definition) is 2. The molecule has 1 aromatic rings. The number of alkyl halides is 2. The molecule has 2 N–H and O–H groups in total. The summed E-state index contributed by atoms with van der Waals surface area (Å²) in [5.74, 6) is -0.889. The van der Waals surface area contributed by atoms with Crippen LogP contribution in [0.1, 0.15) is 25.5 Å². The molecule has 2 rings (SSSR count). The normalized spacial score (nSPS) is 23.7. The first-order valence-electron chi connectivity index (χ1n) is 7.69. The van der Waals surface area contributed by atoms with Gasteiger partial charge in [-0.1, -0.05) is 12.1 Å². The minimum absolute atomic E-state index is 0.0542. The lowest BCUT2D eigenvalue weighted by Gasteiger charge is -2.42. The van der Waals surface area contributed by atoms with E-state index in [4.69, 9.17) is 0 Å². The SMILES string of the molecule is CC1CN(C(C(=O)NCC(F)F)c2ccc(F)cc2)C(C)CN1. The zero-order valence-electron chi connectivity index (χ0n) is 13.2. The van der Waals surface area contributed by atoms with E-state index in [1.807, 2.05) is 18.7 Å². The zero-order chi connectivity index (χ0) is 17.0. The van der Waals surface area contributed by atoms with Crippen LogP contribution in [-0.2, 0) is 4.79 Å². The van der Waals surface area contributed by atoms with Crippen molar-refractivity contribution in [2.45, 2.75) is 38.4 Å². The minimum Gasteiger partial charge on any atom is -0.349 e. The van der Waals surface area contributed by atoms with E-state index in [9.17, 15) is 18.0 Å². The number of piperazine rings is 1. The summed E-state index contributed by atoms with van der Waals surface area (Å²) in [6.45, 7) is 4.58. The molecule has 3 atom stereocenters. The minimum atomic E-state index is -2.60. The molecule has 0 saturated carbocycles. The van der Waals surface area contributed by atoms with Crippen LogP contribution in [-0.4, -0.2) is 49.0 Å². The van der Waals surface area contributed by atoms with Crippen LogP contribution in [0.5, 0.6) is 0 Å². The molecule has 0 aliphatic carbocycles. The van der Waals surface area contributed by atoms with E-state index in [2.05, 4.69) is 10.6 Å². The Hall–Kier alpha value is -1.60. The molecule has 0 radical (unpaired) electrons. The molecule has 7 heteroatoms. The van der Waals surface area contributed by atoms with Gasteiger partial charge in [0.15, 0.2) is 0 Å². The van der Waals surface area contributed by atoms with E-state index in [1.165, 1.54) is 24.3 Å². The van der Waals surface area contributed by atoms with Crippen LogP contribution >= 0.6 is 0 Å². The molecule has 4 nitrogen and oxygen atoms in total. The van der Waals surface area contributed by atoms with Gasteiger partial charge in [0.25, 0.3) is 6.43 Å². The maximum Gasteiger partial charge on any atom is 0.255 e. The number of nitrogens with zero attached hydrogens (tertiary/aromatic N) is 1. The summed E-state index contributed by atoms with van der Waals surface area (Å²) in [6.07, 6.45) is -2.60. The number of halogens is 3.